The van der Waals surface area contributed by atoms with Crippen molar-refractivity contribution in [2.24, 2.45) is 0 Å². The minimum atomic E-state index is -4.40. The molecule has 1 aliphatic rings. The molecule has 0 saturated carbocycles. The quantitative estimate of drug-likeness (QED) is 0.576. The second-order valence-electron chi connectivity index (χ2n) is 3.29. The molecular weight excluding hydrogens is 173 g/mol. The molecule has 0 aromatic rings. The lowest BCUT2D eigenvalue weighted by Gasteiger charge is -2.26. The van der Waals surface area contributed by atoms with Gasteiger partial charge in [0.2, 0.25) is 0 Å². The van der Waals surface area contributed by atoms with Crippen molar-refractivity contribution in [1.82, 2.24) is 10.6 Å². The Labute approximate surface area is 67.3 Å². The first-order valence-corrected chi connectivity index (χ1v) is 3.39. The molecule has 70 valence electrons. The molecule has 12 heavy (non-hydrogen) atoms. The molecule has 1 fully saturated rings. The summed E-state index contributed by atoms with van der Waals surface area (Å²) in [4.78, 5) is 10.6. The highest BCUT2D eigenvalue weighted by atomic mass is 19.4. The summed E-state index contributed by atoms with van der Waals surface area (Å²) in [5, 5.41) is 3.99. The third-order valence-electron chi connectivity index (χ3n) is 1.76. The molecule has 0 radical (unpaired) electrons. The van der Waals surface area contributed by atoms with Gasteiger partial charge in [0.05, 0.1) is 5.54 Å². The lowest BCUT2D eigenvalue weighted by molar-refractivity contribution is -0.161. The van der Waals surface area contributed by atoms with Crippen LogP contribution in [-0.4, -0.2) is 23.8 Å². The average molecular weight is 182 g/mol. The van der Waals surface area contributed by atoms with Gasteiger partial charge in [-0.2, -0.15) is 13.2 Å². The molecule has 2 N–H and O–H groups in total. The van der Waals surface area contributed by atoms with Gasteiger partial charge in [0.15, 0.2) is 0 Å². The Morgan fingerprint density at radius 1 is 1.42 bits per heavy atom. The molecule has 2 amide bonds. The Morgan fingerprint density at radius 3 is 2.08 bits per heavy atom. The zero-order valence-electron chi connectivity index (χ0n) is 6.62. The zero-order valence-corrected chi connectivity index (χ0v) is 6.62. The summed E-state index contributed by atoms with van der Waals surface area (Å²) in [7, 11) is 0. The SMILES string of the molecule is CC1(C)NC(=O)NC1C(F)(F)F. The van der Waals surface area contributed by atoms with E-state index in [4.69, 9.17) is 0 Å². The second-order valence-corrected chi connectivity index (χ2v) is 3.29. The molecule has 1 atom stereocenters. The number of rotatable bonds is 0. The number of amides is 2. The van der Waals surface area contributed by atoms with Gasteiger partial charge in [0.1, 0.15) is 6.04 Å². The third kappa shape index (κ3) is 1.46. The molecule has 3 nitrogen and oxygen atoms in total. The number of carbonyl (C=O) groups excluding carboxylic acids is 1. The number of halogens is 3. The molecule has 1 saturated heterocycles. The van der Waals surface area contributed by atoms with Crippen molar-refractivity contribution in [3.05, 3.63) is 0 Å². The van der Waals surface area contributed by atoms with Crippen LogP contribution >= 0.6 is 0 Å². The molecule has 0 aromatic heterocycles. The van der Waals surface area contributed by atoms with Crippen LogP contribution in [0, 0.1) is 0 Å². The molecular formula is C6H9F3N2O. The van der Waals surface area contributed by atoms with Crippen molar-refractivity contribution in [3.63, 3.8) is 0 Å². The number of carbonyl (C=O) groups is 1. The normalized spacial score (nSPS) is 28.1. The van der Waals surface area contributed by atoms with E-state index in [2.05, 4.69) is 5.32 Å². The van der Waals surface area contributed by atoms with Gasteiger partial charge >= 0.3 is 12.2 Å². The fourth-order valence-electron chi connectivity index (χ4n) is 1.20. The van der Waals surface area contributed by atoms with Crippen molar-refractivity contribution >= 4 is 6.03 Å². The third-order valence-corrected chi connectivity index (χ3v) is 1.76. The molecule has 1 rings (SSSR count). The predicted octanol–water partition coefficient (Wildman–Crippen LogP) is 1.01. The number of alkyl halides is 3. The zero-order chi connectivity index (χ0) is 9.57. The highest BCUT2D eigenvalue weighted by Crippen LogP contribution is 2.30. The minimum Gasteiger partial charge on any atom is -0.331 e. The molecule has 0 aromatic carbocycles. The predicted molar refractivity (Wildman–Crippen MR) is 35.6 cm³/mol. The van der Waals surface area contributed by atoms with Gasteiger partial charge in [0.25, 0.3) is 0 Å². The monoisotopic (exact) mass is 182 g/mol. The summed E-state index contributed by atoms with van der Waals surface area (Å²) in [6.07, 6.45) is -4.40. The molecule has 0 spiro atoms. The van der Waals surface area contributed by atoms with Crippen molar-refractivity contribution in [2.75, 3.05) is 0 Å². The first-order valence-electron chi connectivity index (χ1n) is 3.39. The van der Waals surface area contributed by atoms with Gasteiger partial charge in [-0.05, 0) is 13.8 Å². The Morgan fingerprint density at radius 2 is 1.92 bits per heavy atom. The maximum Gasteiger partial charge on any atom is 0.410 e. The lowest BCUT2D eigenvalue weighted by Crippen LogP contribution is -2.52. The summed E-state index contributed by atoms with van der Waals surface area (Å²) in [5.74, 6) is 0. The fraction of sp³-hybridized carbons (Fsp3) is 0.833. The summed E-state index contributed by atoms with van der Waals surface area (Å²) < 4.78 is 36.5. The molecule has 6 heteroatoms. The summed E-state index contributed by atoms with van der Waals surface area (Å²) in [6.45, 7) is 2.64. The van der Waals surface area contributed by atoms with Gasteiger partial charge < -0.3 is 10.6 Å². The number of nitrogens with one attached hydrogen (secondary N) is 2. The largest absolute Gasteiger partial charge is 0.410 e. The van der Waals surface area contributed by atoms with E-state index in [1.54, 1.807) is 0 Å². The van der Waals surface area contributed by atoms with Crippen LogP contribution in [0.4, 0.5) is 18.0 Å². The van der Waals surface area contributed by atoms with Crippen LogP contribution in [0.2, 0.25) is 0 Å². The maximum absolute atomic E-state index is 12.2. The van der Waals surface area contributed by atoms with E-state index >= 15 is 0 Å². The molecule has 0 aliphatic carbocycles. The van der Waals surface area contributed by atoms with E-state index in [9.17, 15) is 18.0 Å². The first kappa shape index (κ1) is 9.15. The summed E-state index contributed by atoms with van der Waals surface area (Å²) in [6, 6.07) is -2.58. The Hall–Kier alpha value is -0.940. The number of hydrogen-bond donors (Lipinski definition) is 2. The fourth-order valence-corrected chi connectivity index (χ4v) is 1.20. The summed E-state index contributed by atoms with van der Waals surface area (Å²) >= 11 is 0. The molecule has 1 aliphatic heterocycles. The Bertz CT molecular complexity index is 211. The van der Waals surface area contributed by atoms with Crippen molar-refractivity contribution in [1.29, 1.82) is 0 Å². The van der Waals surface area contributed by atoms with Crippen LogP contribution in [0.25, 0.3) is 0 Å². The van der Waals surface area contributed by atoms with E-state index < -0.39 is 23.8 Å². The standard InChI is InChI=1S/C6H9F3N2O/c1-5(2)3(6(7,8)9)10-4(12)11-5/h3H,1-2H3,(H2,10,11,12). The van der Waals surface area contributed by atoms with Gasteiger partial charge in [-0.1, -0.05) is 0 Å². The van der Waals surface area contributed by atoms with Gasteiger partial charge in [-0.25, -0.2) is 4.79 Å². The van der Waals surface area contributed by atoms with E-state index in [1.807, 2.05) is 5.32 Å². The lowest BCUT2D eigenvalue weighted by atomic mass is 9.96. The highest BCUT2D eigenvalue weighted by molar-refractivity contribution is 5.78. The van der Waals surface area contributed by atoms with Crippen LogP contribution in [-0.2, 0) is 0 Å². The van der Waals surface area contributed by atoms with Gasteiger partial charge in [0, 0.05) is 0 Å². The van der Waals surface area contributed by atoms with Gasteiger partial charge in [-0.3, -0.25) is 0 Å². The molecule has 1 heterocycles. The first-order chi connectivity index (χ1) is 5.23. The van der Waals surface area contributed by atoms with E-state index in [0.29, 0.717) is 0 Å². The summed E-state index contributed by atoms with van der Waals surface area (Å²) in [5.41, 5.74) is -1.27. The molecule has 1 unspecified atom stereocenters. The smallest absolute Gasteiger partial charge is 0.331 e. The van der Waals surface area contributed by atoms with Crippen LogP contribution in [0.15, 0.2) is 0 Å². The van der Waals surface area contributed by atoms with Crippen molar-refractivity contribution < 1.29 is 18.0 Å². The number of hydrogen-bond acceptors (Lipinski definition) is 1. The van der Waals surface area contributed by atoms with E-state index in [1.165, 1.54) is 13.8 Å². The maximum atomic E-state index is 12.2. The van der Waals surface area contributed by atoms with Crippen LogP contribution in [0.5, 0.6) is 0 Å². The highest BCUT2D eigenvalue weighted by Gasteiger charge is 2.54. The van der Waals surface area contributed by atoms with E-state index in [0.717, 1.165) is 0 Å². The number of urea groups is 1. The van der Waals surface area contributed by atoms with Crippen LogP contribution < -0.4 is 10.6 Å². The van der Waals surface area contributed by atoms with Crippen LogP contribution in [0.1, 0.15) is 13.8 Å². The molecule has 0 bridgehead atoms. The minimum absolute atomic E-state index is 0.776. The van der Waals surface area contributed by atoms with Crippen molar-refractivity contribution in [3.8, 4) is 0 Å². The second kappa shape index (κ2) is 2.27. The topological polar surface area (TPSA) is 41.1 Å². The Kier molecular flexibility index (Phi) is 1.73. The average Bonchev–Trinajstić information content (AvgIpc) is 2.02. The van der Waals surface area contributed by atoms with E-state index in [-0.39, 0.29) is 0 Å². The van der Waals surface area contributed by atoms with Crippen LogP contribution in [0.3, 0.4) is 0 Å². The van der Waals surface area contributed by atoms with Gasteiger partial charge in [-0.15, -0.1) is 0 Å². The Balaban J connectivity index is 2.86. The van der Waals surface area contributed by atoms with Crippen molar-refractivity contribution in [2.45, 2.75) is 31.6 Å².